The highest BCUT2D eigenvalue weighted by atomic mass is 35.5. The van der Waals surface area contributed by atoms with Crippen LogP contribution in [0.5, 0.6) is 0 Å². The van der Waals surface area contributed by atoms with Crippen LogP contribution in [0.2, 0.25) is 0 Å². The number of hydrogen-bond donors (Lipinski definition) is 0. The summed E-state index contributed by atoms with van der Waals surface area (Å²) >= 11 is 7.16. The van der Waals surface area contributed by atoms with E-state index in [1.807, 2.05) is 11.4 Å². The van der Waals surface area contributed by atoms with Gasteiger partial charge in [-0.05, 0) is 18.2 Å². The van der Waals surface area contributed by atoms with Gasteiger partial charge in [0, 0.05) is 10.6 Å². The smallest absolute Gasteiger partial charge is 0.123 e. The van der Waals surface area contributed by atoms with Crippen LogP contribution in [0.4, 0.5) is 5.00 Å². The maximum Gasteiger partial charge on any atom is 0.123 e. The lowest BCUT2D eigenvalue weighted by atomic mass is 10.3. The van der Waals surface area contributed by atoms with Gasteiger partial charge in [-0.25, -0.2) is 0 Å². The molecule has 0 saturated carbocycles. The Labute approximate surface area is 68.7 Å². The number of nitrogens with zero attached hydrogens (tertiary/aromatic N) is 1. The minimum Gasteiger partial charge on any atom is -0.253 e. The maximum atomic E-state index is 5.65. The third kappa shape index (κ3) is 1.28. The molecule has 0 aliphatic heterocycles. The van der Waals surface area contributed by atoms with Gasteiger partial charge in [-0.1, -0.05) is 18.2 Å². The summed E-state index contributed by atoms with van der Waals surface area (Å²) < 4.78 is 0. The second-order valence-corrected chi connectivity index (χ2v) is 3.05. The van der Waals surface area contributed by atoms with E-state index in [2.05, 4.69) is 18.3 Å². The van der Waals surface area contributed by atoms with Crippen molar-refractivity contribution >= 4 is 39.7 Å². The Balaban J connectivity index is 3.13. The Hall–Kier alpha value is -0.600. The number of rotatable bonds is 2. The van der Waals surface area contributed by atoms with E-state index in [0.717, 1.165) is 10.6 Å². The molecule has 1 rings (SSSR count). The van der Waals surface area contributed by atoms with Gasteiger partial charge in [0.05, 0.1) is 0 Å². The van der Waals surface area contributed by atoms with E-state index >= 15 is 0 Å². The molecule has 0 radical (unpaired) electrons. The normalized spacial score (nSPS) is 9.30. The van der Waals surface area contributed by atoms with Crippen molar-refractivity contribution < 1.29 is 0 Å². The predicted molar refractivity (Wildman–Crippen MR) is 48.4 cm³/mol. The first-order valence-electron chi connectivity index (χ1n) is 2.64. The van der Waals surface area contributed by atoms with Crippen molar-refractivity contribution in [2.45, 2.75) is 0 Å². The van der Waals surface area contributed by atoms with E-state index in [1.54, 1.807) is 0 Å². The summed E-state index contributed by atoms with van der Waals surface area (Å²) in [5, 5.41) is 3.26. The standard InChI is InChI=1S/C7H6ClNS/c1-5(8)6-3-4-10-7(6)9-2/h3-4H,1-2H2. The van der Waals surface area contributed by atoms with Crippen molar-refractivity contribution in [3.05, 3.63) is 23.6 Å². The highest BCUT2D eigenvalue weighted by molar-refractivity contribution is 7.14. The topological polar surface area (TPSA) is 12.4 Å². The van der Waals surface area contributed by atoms with Crippen LogP contribution >= 0.6 is 22.9 Å². The van der Waals surface area contributed by atoms with Gasteiger partial charge in [0.25, 0.3) is 0 Å². The third-order valence-corrected chi connectivity index (χ3v) is 2.13. The molecule has 52 valence electrons. The van der Waals surface area contributed by atoms with Gasteiger partial charge in [0.2, 0.25) is 0 Å². The molecular formula is C7H6ClNS. The molecule has 0 aromatic carbocycles. The molecule has 0 unspecified atom stereocenters. The third-order valence-electron chi connectivity index (χ3n) is 1.08. The molecule has 3 heteroatoms. The SMILES string of the molecule is C=Nc1sccc1C(=C)Cl. The van der Waals surface area contributed by atoms with Gasteiger partial charge < -0.3 is 0 Å². The number of thiophene rings is 1. The van der Waals surface area contributed by atoms with E-state index < -0.39 is 0 Å². The first kappa shape index (κ1) is 7.51. The zero-order chi connectivity index (χ0) is 7.56. The molecule has 1 aromatic rings. The Bertz CT molecular complexity index is 264. The summed E-state index contributed by atoms with van der Waals surface area (Å²) in [4.78, 5) is 3.78. The minimum absolute atomic E-state index is 0.517. The van der Waals surface area contributed by atoms with Crippen LogP contribution in [0.1, 0.15) is 5.56 Å². The fourth-order valence-corrected chi connectivity index (χ4v) is 1.56. The first-order chi connectivity index (χ1) is 4.75. The van der Waals surface area contributed by atoms with Gasteiger partial charge in [0.15, 0.2) is 0 Å². The zero-order valence-electron chi connectivity index (χ0n) is 5.30. The van der Waals surface area contributed by atoms with Gasteiger partial charge in [0.1, 0.15) is 5.00 Å². The summed E-state index contributed by atoms with van der Waals surface area (Å²) in [7, 11) is 0. The number of halogens is 1. The van der Waals surface area contributed by atoms with Crippen molar-refractivity contribution in [1.29, 1.82) is 0 Å². The van der Waals surface area contributed by atoms with Crippen molar-refractivity contribution in [1.82, 2.24) is 0 Å². The molecule has 0 N–H and O–H groups in total. The lowest BCUT2D eigenvalue weighted by Gasteiger charge is -1.91. The average Bonchev–Trinajstić information content (AvgIpc) is 2.33. The Morgan fingerprint density at radius 3 is 2.80 bits per heavy atom. The molecular weight excluding hydrogens is 166 g/mol. The first-order valence-corrected chi connectivity index (χ1v) is 3.90. The average molecular weight is 172 g/mol. The largest absolute Gasteiger partial charge is 0.253 e. The van der Waals surface area contributed by atoms with Gasteiger partial charge in [-0.15, -0.1) is 11.3 Å². The molecule has 1 heterocycles. The fourth-order valence-electron chi connectivity index (χ4n) is 0.630. The summed E-state index contributed by atoms with van der Waals surface area (Å²) in [5.41, 5.74) is 0.877. The molecule has 0 saturated heterocycles. The van der Waals surface area contributed by atoms with Gasteiger partial charge >= 0.3 is 0 Å². The highest BCUT2D eigenvalue weighted by Gasteiger charge is 2.02. The van der Waals surface area contributed by atoms with Crippen LogP contribution < -0.4 is 0 Å². The molecule has 0 spiro atoms. The molecule has 1 aromatic heterocycles. The number of aliphatic imine (C=N–C) groups is 1. The van der Waals surface area contributed by atoms with Gasteiger partial charge in [-0.3, -0.25) is 4.99 Å². The summed E-state index contributed by atoms with van der Waals surface area (Å²) in [6.45, 7) is 7.00. The van der Waals surface area contributed by atoms with E-state index in [1.165, 1.54) is 11.3 Å². The van der Waals surface area contributed by atoms with Crippen molar-refractivity contribution in [2.75, 3.05) is 0 Å². The molecule has 1 nitrogen and oxygen atoms in total. The fraction of sp³-hybridized carbons (Fsp3) is 0. The molecule has 0 bridgehead atoms. The van der Waals surface area contributed by atoms with Crippen LogP contribution in [-0.2, 0) is 0 Å². The quantitative estimate of drug-likeness (QED) is 0.606. The Morgan fingerprint density at radius 1 is 1.70 bits per heavy atom. The number of hydrogen-bond acceptors (Lipinski definition) is 2. The van der Waals surface area contributed by atoms with E-state index in [0.29, 0.717) is 5.03 Å². The highest BCUT2D eigenvalue weighted by Crippen LogP contribution is 2.32. The second-order valence-electron chi connectivity index (χ2n) is 1.70. The van der Waals surface area contributed by atoms with Crippen molar-refractivity contribution in [2.24, 2.45) is 4.99 Å². The molecule has 10 heavy (non-hydrogen) atoms. The lowest BCUT2D eigenvalue weighted by molar-refractivity contribution is 1.65. The molecule has 0 aliphatic rings. The molecule has 0 atom stereocenters. The van der Waals surface area contributed by atoms with E-state index in [4.69, 9.17) is 11.6 Å². The van der Waals surface area contributed by atoms with Crippen molar-refractivity contribution in [3.63, 3.8) is 0 Å². The van der Waals surface area contributed by atoms with E-state index in [-0.39, 0.29) is 0 Å². The van der Waals surface area contributed by atoms with Crippen LogP contribution in [-0.4, -0.2) is 6.72 Å². The maximum absolute atomic E-state index is 5.65. The predicted octanol–water partition coefficient (Wildman–Crippen LogP) is 3.29. The summed E-state index contributed by atoms with van der Waals surface area (Å²) in [6.07, 6.45) is 0. The minimum atomic E-state index is 0.517. The van der Waals surface area contributed by atoms with Crippen LogP contribution in [0.3, 0.4) is 0 Å². The second kappa shape index (κ2) is 2.99. The summed E-state index contributed by atoms with van der Waals surface area (Å²) in [5.74, 6) is 0. The molecule has 0 amide bonds. The summed E-state index contributed by atoms with van der Waals surface area (Å²) in [6, 6.07) is 1.88. The molecule has 0 aliphatic carbocycles. The van der Waals surface area contributed by atoms with Crippen LogP contribution in [0.25, 0.3) is 5.03 Å². The lowest BCUT2D eigenvalue weighted by Crippen LogP contribution is -1.66. The zero-order valence-corrected chi connectivity index (χ0v) is 6.87. The van der Waals surface area contributed by atoms with Gasteiger partial charge in [-0.2, -0.15) is 0 Å². The molecule has 0 fully saturated rings. The Kier molecular flexibility index (Phi) is 2.25. The Morgan fingerprint density at radius 2 is 2.40 bits per heavy atom. The van der Waals surface area contributed by atoms with Crippen molar-refractivity contribution in [3.8, 4) is 0 Å². The van der Waals surface area contributed by atoms with E-state index in [9.17, 15) is 0 Å². The van der Waals surface area contributed by atoms with Crippen LogP contribution in [0.15, 0.2) is 23.0 Å². The monoisotopic (exact) mass is 171 g/mol. The van der Waals surface area contributed by atoms with Crippen LogP contribution in [0, 0.1) is 0 Å².